The summed E-state index contributed by atoms with van der Waals surface area (Å²) in [4.78, 5) is 9.74. The molecule has 0 saturated carbocycles. The molecule has 3 rings (SSSR count). The second kappa shape index (κ2) is 12.9. The molecule has 0 spiro atoms. The van der Waals surface area contributed by atoms with E-state index in [0.717, 1.165) is 28.8 Å². The van der Waals surface area contributed by atoms with Gasteiger partial charge in [0.25, 0.3) is 0 Å². The van der Waals surface area contributed by atoms with Crippen molar-refractivity contribution in [2.24, 2.45) is 9.98 Å². The molecule has 3 aromatic rings. The van der Waals surface area contributed by atoms with E-state index >= 15 is 0 Å². The van der Waals surface area contributed by atoms with Gasteiger partial charge < -0.3 is 0 Å². The Morgan fingerprint density at radius 3 is 2.15 bits per heavy atom. The predicted molar refractivity (Wildman–Crippen MR) is 149 cm³/mol. The fraction of sp³-hybridized carbons (Fsp3) is 0.125. The van der Waals surface area contributed by atoms with E-state index in [4.69, 9.17) is 9.98 Å². The molecular weight excluding hydrogens is 412 g/mol. The molecule has 0 atom stereocenters. The van der Waals surface area contributed by atoms with E-state index in [9.17, 15) is 0 Å². The maximum atomic E-state index is 4.91. The molecule has 0 aliphatic carbocycles. The summed E-state index contributed by atoms with van der Waals surface area (Å²) in [5.41, 5.74) is 7.08. The van der Waals surface area contributed by atoms with Crippen LogP contribution < -0.4 is 0 Å². The van der Waals surface area contributed by atoms with Crippen LogP contribution in [0.5, 0.6) is 0 Å². The van der Waals surface area contributed by atoms with Crippen molar-refractivity contribution in [3.05, 3.63) is 144 Å². The van der Waals surface area contributed by atoms with Gasteiger partial charge in [-0.05, 0) is 42.5 Å². The molecule has 0 heterocycles. The van der Waals surface area contributed by atoms with Gasteiger partial charge >= 0.3 is 0 Å². The first-order chi connectivity index (χ1) is 16.6. The number of benzene rings is 3. The minimum absolute atomic E-state index is 0.635. The predicted octanol–water partition coefficient (Wildman–Crippen LogP) is 8.34. The Balaban J connectivity index is 1.91. The van der Waals surface area contributed by atoms with Crippen LogP contribution in [0.25, 0.3) is 11.8 Å². The van der Waals surface area contributed by atoms with Crippen molar-refractivity contribution in [3.63, 3.8) is 0 Å². The molecule has 34 heavy (non-hydrogen) atoms. The number of allylic oxidation sites excluding steroid dienone is 3. The van der Waals surface area contributed by atoms with Crippen LogP contribution >= 0.6 is 0 Å². The quantitative estimate of drug-likeness (QED) is 0.189. The fourth-order valence-corrected chi connectivity index (χ4v) is 3.42. The number of nitrogens with zero attached hydrogens (tertiary/aromatic N) is 2. The van der Waals surface area contributed by atoms with E-state index in [1.807, 2.05) is 80.6 Å². The van der Waals surface area contributed by atoms with Crippen molar-refractivity contribution in [1.29, 1.82) is 0 Å². The second-order valence-electron chi connectivity index (χ2n) is 7.87. The highest BCUT2D eigenvalue weighted by atomic mass is 14.9. The van der Waals surface area contributed by atoms with E-state index < -0.39 is 0 Å². The highest BCUT2D eigenvalue weighted by Gasteiger charge is 2.07. The Labute approximate surface area is 204 Å². The zero-order valence-electron chi connectivity index (χ0n) is 20.3. The summed E-state index contributed by atoms with van der Waals surface area (Å²) in [5.74, 6) is 0.635. The summed E-state index contributed by atoms with van der Waals surface area (Å²) in [6.07, 6.45) is 11.3. The standard InChI is InChI=1S/C32H32N2/c1-5-27-17-15-18-28(24-27)16-13-14-19-29(6-2)32(33-25(3)30-20-9-7-10-21-30)34-26(4)31-22-11-8-12-23-31/h6-24H,3,5H2,1-2,4H3/b16-13+,19-14-,29-6+,33-32?,34-26?. The zero-order chi connectivity index (χ0) is 24.2. The molecule has 2 nitrogen and oxygen atoms in total. The van der Waals surface area contributed by atoms with Crippen LogP contribution in [0.2, 0.25) is 0 Å². The van der Waals surface area contributed by atoms with Crippen LogP contribution in [0.3, 0.4) is 0 Å². The minimum atomic E-state index is 0.635. The van der Waals surface area contributed by atoms with Gasteiger partial charge in [0.05, 0.1) is 5.70 Å². The smallest absolute Gasteiger partial charge is 0.159 e. The van der Waals surface area contributed by atoms with Gasteiger partial charge in [0.15, 0.2) is 5.84 Å². The summed E-state index contributed by atoms with van der Waals surface area (Å²) < 4.78 is 0. The SMILES string of the molecule is C=C(N=C(N=C(C)c1ccccc1)C(/C=C\C=C\c1cccc(CC)c1)=C/C)c1ccccc1. The molecule has 0 N–H and O–H groups in total. The average Bonchev–Trinajstić information content (AvgIpc) is 2.89. The maximum absolute atomic E-state index is 4.91. The Hall–Kier alpha value is -4.04. The molecule has 170 valence electrons. The third kappa shape index (κ3) is 7.25. The van der Waals surface area contributed by atoms with E-state index in [0.29, 0.717) is 11.5 Å². The largest absolute Gasteiger partial charge is 0.233 e. The molecule has 3 aromatic carbocycles. The number of aryl methyl sites for hydroxylation is 1. The van der Waals surface area contributed by atoms with E-state index in [-0.39, 0.29) is 0 Å². The molecule has 0 aromatic heterocycles. The molecular formula is C32H32N2. The molecule has 0 aliphatic rings. The van der Waals surface area contributed by atoms with Crippen molar-refractivity contribution in [3.8, 4) is 0 Å². The molecule has 0 unspecified atom stereocenters. The van der Waals surface area contributed by atoms with Gasteiger partial charge in [-0.2, -0.15) is 0 Å². The molecule has 0 radical (unpaired) electrons. The molecule has 2 heteroatoms. The van der Waals surface area contributed by atoms with Gasteiger partial charge in [-0.15, -0.1) is 0 Å². The van der Waals surface area contributed by atoms with Gasteiger partial charge in [-0.1, -0.05) is 129 Å². The first-order valence-electron chi connectivity index (χ1n) is 11.6. The minimum Gasteiger partial charge on any atom is -0.233 e. The third-order valence-electron chi connectivity index (χ3n) is 5.42. The highest BCUT2D eigenvalue weighted by molar-refractivity contribution is 6.13. The van der Waals surface area contributed by atoms with Crippen molar-refractivity contribution >= 4 is 23.3 Å². The Kier molecular flexibility index (Phi) is 9.30. The molecule has 0 bridgehead atoms. The second-order valence-corrected chi connectivity index (χ2v) is 7.87. The normalized spacial score (nSPS) is 13.1. The van der Waals surface area contributed by atoms with Gasteiger partial charge in [0.1, 0.15) is 0 Å². The highest BCUT2D eigenvalue weighted by Crippen LogP contribution is 2.17. The third-order valence-corrected chi connectivity index (χ3v) is 5.42. The summed E-state index contributed by atoms with van der Waals surface area (Å²) >= 11 is 0. The lowest BCUT2D eigenvalue weighted by Gasteiger charge is -2.07. The Morgan fingerprint density at radius 1 is 0.824 bits per heavy atom. The van der Waals surface area contributed by atoms with E-state index in [1.54, 1.807) is 0 Å². The van der Waals surface area contributed by atoms with Gasteiger partial charge in [0, 0.05) is 11.3 Å². The van der Waals surface area contributed by atoms with E-state index in [1.165, 1.54) is 11.1 Å². The zero-order valence-corrected chi connectivity index (χ0v) is 20.3. The molecule has 0 saturated heterocycles. The number of rotatable bonds is 8. The first kappa shape index (κ1) is 24.6. The summed E-state index contributed by atoms with van der Waals surface area (Å²) in [7, 11) is 0. The first-order valence-corrected chi connectivity index (χ1v) is 11.6. The summed E-state index contributed by atoms with van der Waals surface area (Å²) in [5, 5.41) is 0. The van der Waals surface area contributed by atoms with Crippen molar-refractivity contribution in [1.82, 2.24) is 0 Å². The van der Waals surface area contributed by atoms with Gasteiger partial charge in [-0.25, -0.2) is 9.98 Å². The topological polar surface area (TPSA) is 24.7 Å². The Bertz CT molecular complexity index is 1240. The van der Waals surface area contributed by atoms with Crippen LogP contribution in [-0.4, -0.2) is 11.5 Å². The molecule has 0 fully saturated rings. The number of hydrogen-bond donors (Lipinski definition) is 0. The Morgan fingerprint density at radius 2 is 1.50 bits per heavy atom. The van der Waals surface area contributed by atoms with Crippen LogP contribution in [0.15, 0.2) is 131 Å². The van der Waals surface area contributed by atoms with Crippen molar-refractivity contribution in [2.75, 3.05) is 0 Å². The van der Waals surface area contributed by atoms with Crippen LogP contribution in [-0.2, 0) is 6.42 Å². The average molecular weight is 445 g/mol. The van der Waals surface area contributed by atoms with Crippen molar-refractivity contribution in [2.45, 2.75) is 27.2 Å². The van der Waals surface area contributed by atoms with Crippen molar-refractivity contribution < 1.29 is 0 Å². The monoisotopic (exact) mass is 444 g/mol. The number of amidine groups is 1. The summed E-state index contributed by atoms with van der Waals surface area (Å²) in [6, 6.07) is 28.7. The lowest BCUT2D eigenvalue weighted by Crippen LogP contribution is -2.04. The molecule has 0 aliphatic heterocycles. The summed E-state index contributed by atoms with van der Waals surface area (Å²) in [6.45, 7) is 10.4. The lowest BCUT2D eigenvalue weighted by molar-refractivity contribution is 1.14. The van der Waals surface area contributed by atoms with Gasteiger partial charge in [-0.3, -0.25) is 0 Å². The van der Waals surface area contributed by atoms with Crippen LogP contribution in [0.1, 0.15) is 43.0 Å². The number of aliphatic imine (C=N–C) groups is 2. The lowest BCUT2D eigenvalue weighted by atomic mass is 10.1. The van der Waals surface area contributed by atoms with E-state index in [2.05, 4.69) is 62.1 Å². The van der Waals surface area contributed by atoms with Crippen LogP contribution in [0.4, 0.5) is 0 Å². The molecule has 0 amide bonds. The van der Waals surface area contributed by atoms with Crippen LogP contribution in [0, 0.1) is 0 Å². The fourth-order valence-electron chi connectivity index (χ4n) is 3.42. The number of hydrogen-bond acceptors (Lipinski definition) is 1. The van der Waals surface area contributed by atoms with Gasteiger partial charge in [0.2, 0.25) is 0 Å². The maximum Gasteiger partial charge on any atom is 0.159 e.